The zero-order valence-electron chi connectivity index (χ0n) is 26.3. The molecule has 0 aliphatic rings. The lowest BCUT2D eigenvalue weighted by Gasteiger charge is -2.17. The van der Waals surface area contributed by atoms with Crippen molar-refractivity contribution in [1.29, 1.82) is 0 Å². The number of carbonyl (C=O) groups excluding carboxylic acids is 3. The minimum Gasteiger partial charge on any atom is -0.493 e. The molecule has 4 aromatic carbocycles. The number of amides is 3. The van der Waals surface area contributed by atoms with Gasteiger partial charge in [0.05, 0.1) is 21.3 Å². The van der Waals surface area contributed by atoms with E-state index in [9.17, 15) is 14.4 Å². The number of rotatable bonds is 13. The summed E-state index contributed by atoms with van der Waals surface area (Å²) in [5.41, 5.74) is 2.22. The molecule has 10 nitrogen and oxygen atoms in total. The maximum Gasteiger partial charge on any atom is 0.272 e. The molecule has 0 aliphatic heterocycles. The summed E-state index contributed by atoms with van der Waals surface area (Å²) in [6.45, 7) is 0. The van der Waals surface area contributed by atoms with Crippen molar-refractivity contribution in [1.82, 2.24) is 10.3 Å². The molecular weight excluding hydrogens is 649 g/mol. The van der Waals surface area contributed by atoms with E-state index in [1.165, 1.54) is 50.5 Å². The Morgan fingerprint density at radius 1 is 0.812 bits per heavy atom. The normalized spacial score (nSPS) is 11.6. The predicted molar refractivity (Wildman–Crippen MR) is 189 cm³/mol. The summed E-state index contributed by atoms with van der Waals surface area (Å²) in [4.78, 5) is 45.0. The number of nitrogens with one attached hydrogen (secondary N) is 3. The first-order valence-corrected chi connectivity index (χ1v) is 16.4. The number of benzene rings is 4. The van der Waals surface area contributed by atoms with Crippen molar-refractivity contribution in [2.75, 3.05) is 32.0 Å². The van der Waals surface area contributed by atoms with E-state index in [4.69, 9.17) is 14.2 Å². The van der Waals surface area contributed by atoms with E-state index in [-0.39, 0.29) is 11.6 Å². The van der Waals surface area contributed by atoms with Crippen LogP contribution in [0.1, 0.15) is 26.7 Å². The number of hydrogen-bond donors (Lipinski definition) is 3. The highest BCUT2D eigenvalue weighted by molar-refractivity contribution is 8.00. The first kappa shape index (κ1) is 33.8. The van der Waals surface area contributed by atoms with Gasteiger partial charge in [-0.15, -0.1) is 23.1 Å². The molecule has 3 N–H and O–H groups in total. The van der Waals surface area contributed by atoms with E-state index in [0.29, 0.717) is 39.2 Å². The van der Waals surface area contributed by atoms with Gasteiger partial charge in [-0.3, -0.25) is 14.4 Å². The molecule has 0 aliphatic carbocycles. The van der Waals surface area contributed by atoms with Gasteiger partial charge in [0, 0.05) is 27.7 Å². The zero-order valence-corrected chi connectivity index (χ0v) is 27.9. The third-order valence-corrected chi connectivity index (χ3v) is 8.85. The van der Waals surface area contributed by atoms with Crippen molar-refractivity contribution in [2.24, 2.45) is 0 Å². The Bertz CT molecular complexity index is 1860. The molecule has 0 saturated carbocycles. The average Bonchev–Trinajstić information content (AvgIpc) is 3.64. The second kappa shape index (κ2) is 16.3. The summed E-state index contributed by atoms with van der Waals surface area (Å²) >= 11 is 2.72. The van der Waals surface area contributed by atoms with Crippen molar-refractivity contribution < 1.29 is 28.6 Å². The lowest BCUT2D eigenvalue weighted by molar-refractivity contribution is -0.116. The van der Waals surface area contributed by atoms with Gasteiger partial charge in [-0.1, -0.05) is 48.5 Å². The molecule has 0 radical (unpaired) electrons. The number of methoxy groups -OCH3 is 3. The molecule has 1 atom stereocenters. The Labute approximate surface area is 286 Å². The van der Waals surface area contributed by atoms with Crippen LogP contribution in [0.25, 0.3) is 6.08 Å². The van der Waals surface area contributed by atoms with Crippen LogP contribution in [0.4, 0.5) is 10.8 Å². The van der Waals surface area contributed by atoms with Crippen LogP contribution < -0.4 is 30.2 Å². The van der Waals surface area contributed by atoms with Crippen molar-refractivity contribution in [3.8, 4) is 17.2 Å². The van der Waals surface area contributed by atoms with Gasteiger partial charge in [0.1, 0.15) is 10.9 Å². The lowest BCUT2D eigenvalue weighted by atomic mass is 10.1. The number of aromatic nitrogens is 1. The summed E-state index contributed by atoms with van der Waals surface area (Å²) in [7, 11) is 4.48. The van der Waals surface area contributed by atoms with Gasteiger partial charge in [0.2, 0.25) is 11.7 Å². The molecule has 12 heteroatoms. The van der Waals surface area contributed by atoms with E-state index in [0.717, 1.165) is 10.5 Å². The molecule has 0 saturated heterocycles. The predicted octanol–water partition coefficient (Wildman–Crippen LogP) is 7.05. The number of thiazole rings is 1. The molecule has 5 aromatic rings. The van der Waals surface area contributed by atoms with Gasteiger partial charge in [0.25, 0.3) is 11.8 Å². The number of thioether (sulfide) groups is 1. The zero-order chi connectivity index (χ0) is 33.9. The van der Waals surface area contributed by atoms with E-state index >= 15 is 0 Å². The number of carbonyl (C=O) groups is 3. The van der Waals surface area contributed by atoms with Gasteiger partial charge < -0.3 is 30.2 Å². The smallest absolute Gasteiger partial charge is 0.272 e. The SMILES string of the molecule is COc1cc(/C=C(\NC(=O)c2ccccc2)C(=O)Nc2ccc(SC(C(=O)Nc3nccs3)c3ccccc3)cc2)cc(OC)c1OC. The number of nitrogens with zero attached hydrogens (tertiary/aromatic N) is 1. The minimum absolute atomic E-state index is 0.0143. The van der Waals surface area contributed by atoms with Crippen LogP contribution in [0.3, 0.4) is 0 Å². The molecular formula is C36H32N4O6S2. The highest BCUT2D eigenvalue weighted by Crippen LogP contribution is 2.39. The molecule has 3 amide bonds. The summed E-state index contributed by atoms with van der Waals surface area (Å²) in [6.07, 6.45) is 3.16. The van der Waals surface area contributed by atoms with Crippen molar-refractivity contribution in [3.05, 3.63) is 131 Å². The second-order valence-electron chi connectivity index (χ2n) is 10.1. The average molecular weight is 681 g/mol. The van der Waals surface area contributed by atoms with Crippen LogP contribution in [0, 0.1) is 0 Å². The van der Waals surface area contributed by atoms with Gasteiger partial charge in [0.15, 0.2) is 16.6 Å². The molecule has 5 rings (SSSR count). The maximum atomic E-state index is 13.7. The Morgan fingerprint density at radius 3 is 2.04 bits per heavy atom. The van der Waals surface area contributed by atoms with Crippen LogP contribution in [-0.4, -0.2) is 44.0 Å². The maximum absolute atomic E-state index is 13.7. The van der Waals surface area contributed by atoms with E-state index < -0.39 is 17.1 Å². The quantitative estimate of drug-likeness (QED) is 0.0892. The molecule has 244 valence electrons. The lowest BCUT2D eigenvalue weighted by Crippen LogP contribution is -2.30. The fourth-order valence-electron chi connectivity index (χ4n) is 4.60. The van der Waals surface area contributed by atoms with E-state index in [2.05, 4.69) is 20.9 Å². The van der Waals surface area contributed by atoms with Gasteiger partial charge >= 0.3 is 0 Å². The Kier molecular flexibility index (Phi) is 11.5. The molecule has 0 bridgehead atoms. The fourth-order valence-corrected chi connectivity index (χ4v) is 6.16. The van der Waals surface area contributed by atoms with Crippen LogP contribution in [0.2, 0.25) is 0 Å². The second-order valence-corrected chi connectivity index (χ2v) is 12.1. The fraction of sp³-hybridized carbons (Fsp3) is 0.111. The van der Waals surface area contributed by atoms with Gasteiger partial charge in [-0.25, -0.2) is 4.98 Å². The Morgan fingerprint density at radius 2 is 1.46 bits per heavy atom. The topological polar surface area (TPSA) is 128 Å². The van der Waals surface area contributed by atoms with E-state index in [1.54, 1.807) is 66.2 Å². The number of anilines is 2. The molecule has 1 heterocycles. The summed E-state index contributed by atoms with van der Waals surface area (Å²) in [6, 6.07) is 28.5. The summed E-state index contributed by atoms with van der Waals surface area (Å²) < 4.78 is 16.3. The van der Waals surface area contributed by atoms with Crippen molar-refractivity contribution in [3.63, 3.8) is 0 Å². The number of hydrogen-bond acceptors (Lipinski definition) is 9. The number of ether oxygens (including phenoxy) is 3. The highest BCUT2D eigenvalue weighted by Gasteiger charge is 2.23. The summed E-state index contributed by atoms with van der Waals surface area (Å²) in [5.74, 6) is -0.0459. The van der Waals surface area contributed by atoms with Gasteiger partial charge in [-0.05, 0) is 65.7 Å². The van der Waals surface area contributed by atoms with Crippen LogP contribution in [0.15, 0.2) is 119 Å². The molecule has 1 aromatic heterocycles. The van der Waals surface area contributed by atoms with Crippen LogP contribution in [0.5, 0.6) is 17.2 Å². The highest BCUT2D eigenvalue weighted by atomic mass is 32.2. The Hall–Kier alpha value is -5.59. The molecule has 0 fully saturated rings. The first-order chi connectivity index (χ1) is 23.4. The third kappa shape index (κ3) is 8.60. The van der Waals surface area contributed by atoms with Gasteiger partial charge in [-0.2, -0.15) is 0 Å². The standard InChI is InChI=1S/C36H32N4O6S2/c1-44-29-21-23(22-30(45-2)31(29)46-3)20-28(39-33(41)25-12-8-5-9-13-25)34(42)38-26-14-16-27(17-15-26)48-32(24-10-6-4-7-11-24)35(43)40-36-37-18-19-47-36/h4-22,32H,1-3H3,(H,38,42)(H,39,41)(H,37,40,43)/b28-20-. The summed E-state index contributed by atoms with van der Waals surface area (Å²) in [5, 5.41) is 10.3. The molecule has 48 heavy (non-hydrogen) atoms. The third-order valence-electron chi connectivity index (χ3n) is 6.90. The first-order valence-electron chi connectivity index (χ1n) is 14.6. The molecule has 1 unspecified atom stereocenters. The monoisotopic (exact) mass is 680 g/mol. The Balaban J connectivity index is 1.38. The largest absolute Gasteiger partial charge is 0.493 e. The van der Waals surface area contributed by atoms with Crippen molar-refractivity contribution >= 4 is 57.7 Å². The molecule has 0 spiro atoms. The van der Waals surface area contributed by atoms with Crippen LogP contribution >= 0.6 is 23.1 Å². The minimum atomic E-state index is -0.557. The van der Waals surface area contributed by atoms with Crippen molar-refractivity contribution in [2.45, 2.75) is 10.1 Å². The van der Waals surface area contributed by atoms with Crippen LogP contribution in [-0.2, 0) is 9.59 Å². The van der Waals surface area contributed by atoms with E-state index in [1.807, 2.05) is 42.5 Å².